The fraction of sp³-hybridized carbons (Fsp3) is 0.571. The number of ether oxygens (including phenoxy) is 1. The predicted octanol–water partition coefficient (Wildman–Crippen LogP) is 1.53. The van der Waals surface area contributed by atoms with Crippen molar-refractivity contribution >= 4 is 5.69 Å². The Morgan fingerprint density at radius 3 is 2.89 bits per heavy atom. The van der Waals surface area contributed by atoms with E-state index in [0.717, 1.165) is 30.9 Å². The molecule has 2 rings (SSSR count). The molecule has 1 heterocycles. The van der Waals surface area contributed by atoms with Gasteiger partial charge in [-0.15, -0.1) is 0 Å². The first-order valence-electron chi connectivity index (χ1n) is 6.49. The van der Waals surface area contributed by atoms with Crippen LogP contribution in [0.2, 0.25) is 0 Å². The molecule has 1 aliphatic heterocycles. The van der Waals surface area contributed by atoms with E-state index in [-0.39, 0.29) is 5.54 Å². The van der Waals surface area contributed by atoms with E-state index in [1.807, 2.05) is 24.3 Å². The fourth-order valence-electron chi connectivity index (χ4n) is 2.72. The predicted molar refractivity (Wildman–Crippen MR) is 75.1 cm³/mol. The summed E-state index contributed by atoms with van der Waals surface area (Å²) < 4.78 is 5.39. The second kappa shape index (κ2) is 5.59. The number of piperidine rings is 1. The number of methoxy groups -OCH3 is 1. The molecule has 4 heteroatoms. The van der Waals surface area contributed by atoms with Crippen molar-refractivity contribution in [2.75, 3.05) is 39.1 Å². The highest BCUT2D eigenvalue weighted by Crippen LogP contribution is 2.30. The second-order valence-electron chi connectivity index (χ2n) is 5.15. The van der Waals surface area contributed by atoms with Gasteiger partial charge < -0.3 is 20.7 Å². The summed E-state index contributed by atoms with van der Waals surface area (Å²) in [6.07, 6.45) is 2.28. The molecule has 1 fully saturated rings. The van der Waals surface area contributed by atoms with E-state index in [1.165, 1.54) is 6.42 Å². The van der Waals surface area contributed by atoms with E-state index in [2.05, 4.69) is 17.3 Å². The van der Waals surface area contributed by atoms with Crippen LogP contribution in [0.4, 0.5) is 5.69 Å². The van der Waals surface area contributed by atoms with Crippen molar-refractivity contribution in [3.05, 3.63) is 24.3 Å². The quantitative estimate of drug-likeness (QED) is 0.849. The SMILES string of the molecule is COc1ccccc1NC1(CN)CCCN(C)C1. The highest BCUT2D eigenvalue weighted by atomic mass is 16.5. The van der Waals surface area contributed by atoms with Gasteiger partial charge in [0.25, 0.3) is 0 Å². The average Bonchev–Trinajstić information content (AvgIpc) is 2.39. The van der Waals surface area contributed by atoms with E-state index < -0.39 is 0 Å². The molecule has 1 aromatic carbocycles. The topological polar surface area (TPSA) is 50.5 Å². The zero-order valence-corrected chi connectivity index (χ0v) is 11.3. The molecule has 1 atom stereocenters. The molecule has 4 nitrogen and oxygen atoms in total. The number of hydrogen-bond acceptors (Lipinski definition) is 4. The Kier molecular flexibility index (Phi) is 4.09. The third-order valence-electron chi connectivity index (χ3n) is 3.67. The van der Waals surface area contributed by atoms with Crippen molar-refractivity contribution in [3.63, 3.8) is 0 Å². The van der Waals surface area contributed by atoms with Crippen LogP contribution in [0.25, 0.3) is 0 Å². The van der Waals surface area contributed by atoms with Crippen molar-refractivity contribution in [2.24, 2.45) is 5.73 Å². The van der Waals surface area contributed by atoms with Crippen LogP contribution in [0.1, 0.15) is 12.8 Å². The van der Waals surface area contributed by atoms with Crippen LogP contribution in [0.15, 0.2) is 24.3 Å². The van der Waals surface area contributed by atoms with Crippen molar-refractivity contribution in [1.82, 2.24) is 4.90 Å². The highest BCUT2D eigenvalue weighted by Gasteiger charge is 2.33. The Labute approximate surface area is 109 Å². The first-order valence-corrected chi connectivity index (χ1v) is 6.49. The van der Waals surface area contributed by atoms with E-state index in [0.29, 0.717) is 6.54 Å². The highest BCUT2D eigenvalue weighted by molar-refractivity contribution is 5.58. The number of anilines is 1. The molecule has 1 unspecified atom stereocenters. The smallest absolute Gasteiger partial charge is 0.141 e. The Balaban J connectivity index is 2.19. The van der Waals surface area contributed by atoms with Crippen LogP contribution in [0, 0.1) is 0 Å². The number of likely N-dealkylation sites (tertiary alicyclic amines) is 1. The fourth-order valence-corrected chi connectivity index (χ4v) is 2.72. The summed E-state index contributed by atoms with van der Waals surface area (Å²) in [5.74, 6) is 0.874. The maximum atomic E-state index is 6.01. The Morgan fingerprint density at radius 1 is 1.44 bits per heavy atom. The number of nitrogens with one attached hydrogen (secondary N) is 1. The van der Waals surface area contributed by atoms with Crippen molar-refractivity contribution < 1.29 is 4.74 Å². The number of likely N-dealkylation sites (N-methyl/N-ethyl adjacent to an activating group) is 1. The number of benzene rings is 1. The Hall–Kier alpha value is -1.26. The molecule has 0 aliphatic carbocycles. The van der Waals surface area contributed by atoms with Crippen LogP contribution in [0.5, 0.6) is 5.75 Å². The summed E-state index contributed by atoms with van der Waals surface area (Å²) in [4.78, 5) is 2.33. The number of rotatable bonds is 4. The summed E-state index contributed by atoms with van der Waals surface area (Å²) in [6.45, 7) is 2.76. The van der Waals surface area contributed by atoms with Gasteiger partial charge in [0, 0.05) is 13.1 Å². The lowest BCUT2D eigenvalue weighted by atomic mass is 9.89. The van der Waals surface area contributed by atoms with Gasteiger partial charge in [0.2, 0.25) is 0 Å². The van der Waals surface area contributed by atoms with Crippen LogP contribution in [-0.4, -0.2) is 44.2 Å². The Bertz CT molecular complexity index is 396. The molecule has 3 N–H and O–H groups in total. The van der Waals surface area contributed by atoms with Gasteiger partial charge in [-0.25, -0.2) is 0 Å². The average molecular weight is 249 g/mol. The third kappa shape index (κ3) is 2.76. The number of hydrogen-bond donors (Lipinski definition) is 2. The first-order chi connectivity index (χ1) is 8.69. The summed E-state index contributed by atoms with van der Waals surface area (Å²) >= 11 is 0. The monoisotopic (exact) mass is 249 g/mol. The summed E-state index contributed by atoms with van der Waals surface area (Å²) in [5.41, 5.74) is 7.00. The summed E-state index contributed by atoms with van der Waals surface area (Å²) in [5, 5.41) is 3.60. The zero-order chi connectivity index (χ0) is 13.0. The van der Waals surface area contributed by atoms with Crippen molar-refractivity contribution in [3.8, 4) is 5.75 Å². The second-order valence-corrected chi connectivity index (χ2v) is 5.15. The molecule has 0 bridgehead atoms. The largest absolute Gasteiger partial charge is 0.495 e. The zero-order valence-electron chi connectivity index (χ0n) is 11.3. The maximum Gasteiger partial charge on any atom is 0.141 e. The lowest BCUT2D eigenvalue weighted by Crippen LogP contribution is -2.56. The molecule has 0 aromatic heterocycles. The molecule has 0 saturated carbocycles. The Morgan fingerprint density at radius 2 is 2.22 bits per heavy atom. The van der Waals surface area contributed by atoms with Gasteiger partial charge in [0.15, 0.2) is 0 Å². The minimum absolute atomic E-state index is 0.0400. The molecule has 0 radical (unpaired) electrons. The molecule has 1 aromatic rings. The minimum Gasteiger partial charge on any atom is -0.495 e. The van der Waals surface area contributed by atoms with Gasteiger partial charge >= 0.3 is 0 Å². The lowest BCUT2D eigenvalue weighted by Gasteiger charge is -2.42. The summed E-state index contributed by atoms with van der Waals surface area (Å²) in [7, 11) is 3.84. The van der Waals surface area contributed by atoms with Gasteiger partial charge in [-0.2, -0.15) is 0 Å². The molecule has 0 spiro atoms. The standard InChI is InChI=1S/C14H23N3O/c1-17-9-5-8-14(10-15,11-17)16-12-6-3-4-7-13(12)18-2/h3-4,6-7,16H,5,8-11,15H2,1-2H3. The van der Waals surface area contributed by atoms with Crippen LogP contribution in [0.3, 0.4) is 0 Å². The molecular formula is C14H23N3O. The lowest BCUT2D eigenvalue weighted by molar-refractivity contribution is 0.198. The van der Waals surface area contributed by atoms with Gasteiger partial charge in [-0.1, -0.05) is 12.1 Å². The van der Waals surface area contributed by atoms with Crippen LogP contribution >= 0.6 is 0 Å². The number of nitrogens with two attached hydrogens (primary N) is 1. The molecular weight excluding hydrogens is 226 g/mol. The minimum atomic E-state index is -0.0400. The normalized spacial score (nSPS) is 24.8. The van der Waals surface area contributed by atoms with Gasteiger partial charge in [0.05, 0.1) is 18.3 Å². The van der Waals surface area contributed by atoms with Crippen molar-refractivity contribution in [1.29, 1.82) is 0 Å². The van der Waals surface area contributed by atoms with E-state index in [9.17, 15) is 0 Å². The van der Waals surface area contributed by atoms with E-state index in [4.69, 9.17) is 10.5 Å². The number of nitrogens with zero attached hydrogens (tertiary/aromatic N) is 1. The summed E-state index contributed by atoms with van der Waals surface area (Å²) in [6, 6.07) is 8.01. The first kappa shape index (κ1) is 13.2. The molecule has 0 amide bonds. The molecule has 18 heavy (non-hydrogen) atoms. The van der Waals surface area contributed by atoms with Crippen molar-refractivity contribution in [2.45, 2.75) is 18.4 Å². The van der Waals surface area contributed by atoms with Crippen LogP contribution in [-0.2, 0) is 0 Å². The van der Waals surface area contributed by atoms with Gasteiger partial charge in [-0.3, -0.25) is 0 Å². The molecule has 100 valence electrons. The van der Waals surface area contributed by atoms with Crippen LogP contribution < -0.4 is 15.8 Å². The molecule has 1 saturated heterocycles. The maximum absolute atomic E-state index is 6.01. The van der Waals surface area contributed by atoms with Gasteiger partial charge in [0.1, 0.15) is 5.75 Å². The number of para-hydroxylation sites is 2. The molecule has 1 aliphatic rings. The third-order valence-corrected chi connectivity index (χ3v) is 3.67. The van der Waals surface area contributed by atoms with E-state index >= 15 is 0 Å². The van der Waals surface area contributed by atoms with E-state index in [1.54, 1.807) is 7.11 Å². The van der Waals surface area contributed by atoms with Gasteiger partial charge in [-0.05, 0) is 38.6 Å².